The van der Waals surface area contributed by atoms with Gasteiger partial charge in [0, 0.05) is 9.64 Å². The predicted molar refractivity (Wildman–Crippen MR) is 115 cm³/mol. The van der Waals surface area contributed by atoms with Crippen LogP contribution in [0.5, 0.6) is 5.75 Å². The molecule has 0 aliphatic carbocycles. The highest BCUT2D eigenvalue weighted by Crippen LogP contribution is 2.22. The van der Waals surface area contributed by atoms with Crippen molar-refractivity contribution in [3.05, 3.63) is 57.7 Å². The van der Waals surface area contributed by atoms with Gasteiger partial charge in [-0.3, -0.25) is 9.10 Å². The van der Waals surface area contributed by atoms with E-state index in [-0.39, 0.29) is 0 Å². The summed E-state index contributed by atoms with van der Waals surface area (Å²) < 4.78 is 31.5. The van der Waals surface area contributed by atoms with Crippen LogP contribution in [0.15, 0.2) is 53.6 Å². The molecule has 27 heavy (non-hydrogen) atoms. The summed E-state index contributed by atoms with van der Waals surface area (Å²) in [4.78, 5) is 12.3. The summed E-state index contributed by atoms with van der Waals surface area (Å²) in [6.45, 7) is 1.37. The Morgan fingerprint density at radius 2 is 1.89 bits per heavy atom. The summed E-state index contributed by atoms with van der Waals surface area (Å²) in [6.07, 6.45) is 1.04. The number of amides is 1. The van der Waals surface area contributed by atoms with Crippen molar-refractivity contribution >= 4 is 49.9 Å². The van der Waals surface area contributed by atoms with E-state index in [9.17, 15) is 13.2 Å². The van der Waals surface area contributed by atoms with Crippen molar-refractivity contribution in [1.82, 2.24) is 5.43 Å². The Labute approximate surface area is 172 Å². The molecule has 144 valence electrons. The molecule has 1 N–H and O–H groups in total. The van der Waals surface area contributed by atoms with Crippen molar-refractivity contribution in [2.24, 2.45) is 5.10 Å². The summed E-state index contributed by atoms with van der Waals surface area (Å²) in [5, 5.41) is 4.05. The van der Waals surface area contributed by atoms with Crippen LogP contribution in [0.1, 0.15) is 12.5 Å². The quantitative estimate of drug-likeness (QED) is 0.359. The van der Waals surface area contributed by atoms with E-state index in [0.717, 1.165) is 19.7 Å². The highest BCUT2D eigenvalue weighted by Gasteiger charge is 2.21. The largest absolute Gasteiger partial charge is 0.497 e. The number of nitrogens with zero attached hydrogens (tertiary/aromatic N) is 2. The van der Waals surface area contributed by atoms with Crippen LogP contribution in [0.3, 0.4) is 0 Å². The van der Waals surface area contributed by atoms with Crippen LogP contribution in [0.4, 0.5) is 5.69 Å². The van der Waals surface area contributed by atoms with Gasteiger partial charge in [0.25, 0.3) is 5.91 Å². The van der Waals surface area contributed by atoms with E-state index in [4.69, 9.17) is 4.74 Å². The zero-order valence-corrected chi connectivity index (χ0v) is 18.1. The van der Waals surface area contributed by atoms with Crippen molar-refractivity contribution in [2.75, 3.05) is 24.2 Å². The fourth-order valence-electron chi connectivity index (χ4n) is 2.23. The Morgan fingerprint density at radius 1 is 1.22 bits per heavy atom. The van der Waals surface area contributed by atoms with Gasteiger partial charge in [0.15, 0.2) is 0 Å². The molecule has 0 spiro atoms. The lowest BCUT2D eigenvalue weighted by atomic mass is 10.1. The molecule has 0 aliphatic rings. The number of methoxy groups -OCH3 is 1. The first-order chi connectivity index (χ1) is 12.7. The molecule has 0 heterocycles. The monoisotopic (exact) mass is 501 g/mol. The first-order valence-corrected chi connectivity index (χ1v) is 10.8. The van der Waals surface area contributed by atoms with E-state index in [1.54, 1.807) is 31.2 Å². The summed E-state index contributed by atoms with van der Waals surface area (Å²) in [6, 6.07) is 14.2. The number of halogens is 1. The van der Waals surface area contributed by atoms with Crippen LogP contribution < -0.4 is 14.5 Å². The maximum Gasteiger partial charge on any atom is 0.260 e. The van der Waals surface area contributed by atoms with Gasteiger partial charge in [-0.25, -0.2) is 13.8 Å². The molecule has 0 saturated heterocycles. The number of ether oxygens (including phenoxy) is 1. The molecule has 0 aliphatic heterocycles. The second-order valence-electron chi connectivity index (χ2n) is 5.71. The number of hydrogen-bond donors (Lipinski definition) is 1. The fraction of sp³-hybridized carbons (Fsp3) is 0.222. The van der Waals surface area contributed by atoms with E-state index in [2.05, 4.69) is 33.1 Å². The van der Waals surface area contributed by atoms with Gasteiger partial charge in [-0.15, -0.1) is 0 Å². The van der Waals surface area contributed by atoms with E-state index < -0.39 is 22.5 Å². The van der Waals surface area contributed by atoms with Gasteiger partial charge in [-0.2, -0.15) is 5.10 Å². The number of hydrogen-bond acceptors (Lipinski definition) is 5. The molecular formula is C18H20IN3O4S. The molecule has 0 atom stereocenters. The number of benzene rings is 2. The molecule has 0 fully saturated rings. The van der Waals surface area contributed by atoms with Crippen molar-refractivity contribution in [3.63, 3.8) is 0 Å². The summed E-state index contributed by atoms with van der Waals surface area (Å²) in [7, 11) is -2.18. The number of anilines is 1. The molecule has 0 bridgehead atoms. The number of hydrazone groups is 1. The van der Waals surface area contributed by atoms with Gasteiger partial charge >= 0.3 is 0 Å². The van der Waals surface area contributed by atoms with Gasteiger partial charge in [0.2, 0.25) is 10.0 Å². The second-order valence-corrected chi connectivity index (χ2v) is 8.86. The maximum absolute atomic E-state index is 12.3. The SMILES string of the molecule is COc1cccc(N(CC(=O)N/N=C(/C)c2ccc(I)cc2)S(C)(=O)=O)c1. The lowest BCUT2D eigenvalue weighted by Crippen LogP contribution is -2.39. The molecule has 0 aromatic heterocycles. The Bertz CT molecular complexity index is 943. The predicted octanol–water partition coefficient (Wildman–Crippen LogP) is 2.61. The fourth-order valence-corrected chi connectivity index (χ4v) is 3.44. The lowest BCUT2D eigenvalue weighted by molar-refractivity contribution is -0.119. The van der Waals surface area contributed by atoms with Gasteiger partial charge in [-0.1, -0.05) is 18.2 Å². The second kappa shape index (κ2) is 9.18. The number of nitrogens with one attached hydrogen (secondary N) is 1. The average molecular weight is 501 g/mol. The van der Waals surface area contributed by atoms with Gasteiger partial charge in [0.1, 0.15) is 12.3 Å². The van der Waals surface area contributed by atoms with Crippen LogP contribution in [-0.2, 0) is 14.8 Å². The highest BCUT2D eigenvalue weighted by atomic mass is 127. The van der Waals surface area contributed by atoms with Crippen LogP contribution in [-0.4, -0.2) is 39.9 Å². The average Bonchev–Trinajstić information content (AvgIpc) is 2.63. The Morgan fingerprint density at radius 3 is 2.48 bits per heavy atom. The Kier molecular flexibility index (Phi) is 7.19. The molecule has 0 radical (unpaired) electrons. The molecular weight excluding hydrogens is 481 g/mol. The molecule has 9 heteroatoms. The van der Waals surface area contributed by atoms with Crippen LogP contribution in [0, 0.1) is 3.57 Å². The number of carbonyl (C=O) groups is 1. The van der Waals surface area contributed by atoms with E-state index in [1.807, 2.05) is 24.3 Å². The minimum Gasteiger partial charge on any atom is -0.497 e. The van der Waals surface area contributed by atoms with E-state index in [1.165, 1.54) is 7.11 Å². The maximum atomic E-state index is 12.3. The summed E-state index contributed by atoms with van der Waals surface area (Å²) in [5.41, 5.74) is 4.23. The molecule has 0 unspecified atom stereocenters. The molecule has 7 nitrogen and oxygen atoms in total. The third-order valence-corrected chi connectivity index (χ3v) is 5.50. The number of sulfonamides is 1. The Balaban J connectivity index is 2.14. The van der Waals surface area contributed by atoms with Gasteiger partial charge in [0.05, 0.1) is 24.8 Å². The lowest BCUT2D eigenvalue weighted by Gasteiger charge is -2.21. The van der Waals surface area contributed by atoms with Crippen LogP contribution in [0.25, 0.3) is 0 Å². The van der Waals surface area contributed by atoms with Crippen LogP contribution >= 0.6 is 22.6 Å². The number of rotatable bonds is 7. The number of carbonyl (C=O) groups excluding carboxylic acids is 1. The third-order valence-electron chi connectivity index (χ3n) is 3.64. The topological polar surface area (TPSA) is 88.1 Å². The van der Waals surface area contributed by atoms with Crippen molar-refractivity contribution < 1.29 is 17.9 Å². The summed E-state index contributed by atoms with van der Waals surface area (Å²) >= 11 is 2.20. The standard InChI is InChI=1S/C18H20IN3O4S/c1-13(14-7-9-15(19)10-8-14)20-21-18(23)12-22(27(3,24)25)16-5-4-6-17(11-16)26-2/h4-11H,12H2,1-3H3,(H,21,23)/b20-13-. The van der Waals surface area contributed by atoms with Gasteiger partial charge < -0.3 is 4.74 Å². The smallest absolute Gasteiger partial charge is 0.260 e. The van der Waals surface area contributed by atoms with E-state index >= 15 is 0 Å². The minimum absolute atomic E-state index is 0.338. The van der Waals surface area contributed by atoms with Crippen LogP contribution in [0.2, 0.25) is 0 Å². The zero-order valence-electron chi connectivity index (χ0n) is 15.1. The van der Waals surface area contributed by atoms with Crippen molar-refractivity contribution in [3.8, 4) is 5.75 Å². The molecule has 1 amide bonds. The third kappa shape index (κ3) is 6.21. The first-order valence-electron chi connectivity index (χ1n) is 7.91. The van der Waals surface area contributed by atoms with Crippen molar-refractivity contribution in [1.29, 1.82) is 0 Å². The zero-order chi connectivity index (χ0) is 20.0. The minimum atomic E-state index is -3.67. The molecule has 2 aromatic rings. The summed E-state index contributed by atoms with van der Waals surface area (Å²) in [5.74, 6) is -0.0535. The van der Waals surface area contributed by atoms with Gasteiger partial charge in [-0.05, 0) is 59.3 Å². The molecule has 2 rings (SSSR count). The molecule has 0 saturated carbocycles. The normalized spacial score (nSPS) is 11.8. The first kappa shape index (κ1) is 21.2. The molecule has 2 aromatic carbocycles. The Hall–Kier alpha value is -2.14. The van der Waals surface area contributed by atoms with E-state index in [0.29, 0.717) is 17.1 Å². The highest BCUT2D eigenvalue weighted by molar-refractivity contribution is 14.1. The van der Waals surface area contributed by atoms with Crippen molar-refractivity contribution in [2.45, 2.75) is 6.92 Å².